The Hall–Kier alpha value is -1.61. The minimum atomic E-state index is -3.71. The van der Waals surface area contributed by atoms with E-state index in [2.05, 4.69) is 18.4 Å². The van der Waals surface area contributed by atoms with Crippen LogP contribution in [0, 0.1) is 18.8 Å². The Morgan fingerprint density at radius 2 is 2.00 bits per heavy atom. The number of nitrogens with zero attached hydrogens (tertiary/aromatic N) is 1. The van der Waals surface area contributed by atoms with Crippen molar-refractivity contribution < 1.29 is 13.5 Å². The number of aliphatic hydroxyl groups excluding tert-OH is 1. The van der Waals surface area contributed by atoms with Gasteiger partial charge in [-0.15, -0.1) is 12.5 Å². The van der Waals surface area contributed by atoms with Gasteiger partial charge in [-0.25, -0.2) is 8.42 Å². The average Bonchev–Trinajstić information content (AvgIpc) is 2.43. The summed E-state index contributed by atoms with van der Waals surface area (Å²) in [7, 11) is -3.71. The van der Waals surface area contributed by atoms with Crippen molar-refractivity contribution in [2.24, 2.45) is 0 Å². The van der Waals surface area contributed by atoms with E-state index in [1.54, 1.807) is 31.2 Å². The molecule has 5 heteroatoms. The number of aliphatic hydroxyl groups is 1. The lowest BCUT2D eigenvalue weighted by atomic mass is 10.2. The predicted octanol–water partition coefficient (Wildman–Crippen LogP) is 1.56. The van der Waals surface area contributed by atoms with Gasteiger partial charge in [0.05, 0.1) is 24.1 Å². The van der Waals surface area contributed by atoms with Crippen LogP contribution in [-0.4, -0.2) is 37.0 Å². The maximum Gasteiger partial charge on any atom is 0.244 e. The quantitative estimate of drug-likeness (QED) is 0.639. The van der Waals surface area contributed by atoms with E-state index < -0.39 is 16.1 Å². The van der Waals surface area contributed by atoms with E-state index in [1.807, 2.05) is 6.92 Å². The lowest BCUT2D eigenvalue weighted by molar-refractivity contribution is 0.223. The summed E-state index contributed by atoms with van der Waals surface area (Å²) in [5.41, 5.74) is 0.978. The summed E-state index contributed by atoms with van der Waals surface area (Å²) in [4.78, 5) is 0.182. The molecular formula is C15H19NO3S. The molecule has 20 heavy (non-hydrogen) atoms. The Bertz CT molecular complexity index is 609. The minimum absolute atomic E-state index is 0.0178. The van der Waals surface area contributed by atoms with Gasteiger partial charge in [-0.2, -0.15) is 4.31 Å². The van der Waals surface area contributed by atoms with Gasteiger partial charge in [0, 0.05) is 0 Å². The van der Waals surface area contributed by atoms with Gasteiger partial charge in [0.1, 0.15) is 0 Å². The summed E-state index contributed by atoms with van der Waals surface area (Å²) >= 11 is 0. The Morgan fingerprint density at radius 1 is 1.40 bits per heavy atom. The van der Waals surface area contributed by atoms with E-state index in [9.17, 15) is 13.5 Å². The summed E-state index contributed by atoms with van der Waals surface area (Å²) in [6, 6.07) is 5.88. The molecule has 1 unspecified atom stereocenters. The molecule has 0 aliphatic rings. The monoisotopic (exact) mass is 293 g/mol. The molecule has 0 aliphatic carbocycles. The smallest absolute Gasteiger partial charge is 0.244 e. The fourth-order valence-electron chi connectivity index (χ4n) is 1.67. The number of benzene rings is 1. The molecule has 1 rings (SSSR count). The molecular weight excluding hydrogens is 274 g/mol. The van der Waals surface area contributed by atoms with Crippen molar-refractivity contribution in [3.05, 3.63) is 42.5 Å². The molecule has 1 aromatic rings. The number of hydrogen-bond donors (Lipinski definition) is 1. The molecule has 0 aromatic heterocycles. The van der Waals surface area contributed by atoms with Crippen LogP contribution in [0.5, 0.6) is 0 Å². The van der Waals surface area contributed by atoms with Gasteiger partial charge in [-0.05, 0) is 26.0 Å². The van der Waals surface area contributed by atoms with Gasteiger partial charge in [0.25, 0.3) is 0 Å². The molecule has 108 valence electrons. The van der Waals surface area contributed by atoms with E-state index >= 15 is 0 Å². The number of hydrogen-bond acceptors (Lipinski definition) is 3. The van der Waals surface area contributed by atoms with E-state index in [4.69, 9.17) is 0 Å². The molecule has 1 aromatic carbocycles. The minimum Gasteiger partial charge on any atom is -0.394 e. The van der Waals surface area contributed by atoms with Crippen LogP contribution in [0.1, 0.15) is 12.5 Å². The van der Waals surface area contributed by atoms with Crippen LogP contribution >= 0.6 is 0 Å². The molecule has 0 amide bonds. The van der Waals surface area contributed by atoms with Crippen molar-refractivity contribution in [2.75, 3.05) is 13.2 Å². The third-order valence-corrected chi connectivity index (χ3v) is 4.75. The second kappa shape index (κ2) is 7.25. The molecule has 0 saturated carbocycles. The fourth-order valence-corrected chi connectivity index (χ4v) is 3.16. The highest BCUT2D eigenvalue weighted by Gasteiger charge is 2.28. The first-order valence-electron chi connectivity index (χ1n) is 6.19. The van der Waals surface area contributed by atoms with E-state index in [0.717, 1.165) is 9.87 Å². The van der Waals surface area contributed by atoms with Crippen molar-refractivity contribution in [3.63, 3.8) is 0 Å². The normalized spacial score (nSPS) is 12.6. The van der Waals surface area contributed by atoms with Crippen LogP contribution in [0.2, 0.25) is 0 Å². The average molecular weight is 293 g/mol. The van der Waals surface area contributed by atoms with Gasteiger partial charge >= 0.3 is 0 Å². The Balaban J connectivity index is 3.24. The predicted molar refractivity (Wildman–Crippen MR) is 79.6 cm³/mol. The third-order valence-electron chi connectivity index (χ3n) is 2.87. The highest BCUT2D eigenvalue weighted by molar-refractivity contribution is 7.89. The highest BCUT2D eigenvalue weighted by Crippen LogP contribution is 2.19. The zero-order valence-electron chi connectivity index (χ0n) is 11.7. The molecule has 0 aliphatic heterocycles. The van der Waals surface area contributed by atoms with Crippen molar-refractivity contribution in [1.82, 2.24) is 4.31 Å². The first-order valence-corrected chi connectivity index (χ1v) is 7.63. The van der Waals surface area contributed by atoms with Crippen LogP contribution in [0.4, 0.5) is 0 Å². The van der Waals surface area contributed by atoms with Crippen LogP contribution in [0.15, 0.2) is 41.8 Å². The highest BCUT2D eigenvalue weighted by atomic mass is 32.2. The van der Waals surface area contributed by atoms with E-state index in [0.29, 0.717) is 0 Å². The van der Waals surface area contributed by atoms with Gasteiger partial charge in [0.2, 0.25) is 10.0 Å². The standard InChI is InChI=1S/C15H19NO3S/c1-4-6-11-16(14(5-2)12-17)20(18,19)15-9-7-13(3)8-10-15/h5,7-10,14,17H,2,11-12H2,1,3H3. The molecule has 0 heterocycles. The third kappa shape index (κ3) is 3.70. The van der Waals surface area contributed by atoms with Crippen molar-refractivity contribution in [2.45, 2.75) is 24.8 Å². The van der Waals surface area contributed by atoms with E-state index in [1.165, 1.54) is 6.08 Å². The number of rotatable bonds is 6. The maximum atomic E-state index is 12.6. The molecule has 1 N–H and O–H groups in total. The fraction of sp³-hybridized carbons (Fsp3) is 0.333. The van der Waals surface area contributed by atoms with Crippen LogP contribution in [-0.2, 0) is 10.0 Å². The van der Waals surface area contributed by atoms with Crippen molar-refractivity contribution in [1.29, 1.82) is 0 Å². The van der Waals surface area contributed by atoms with Gasteiger partial charge in [0.15, 0.2) is 0 Å². The lowest BCUT2D eigenvalue weighted by Crippen LogP contribution is -2.41. The molecule has 0 saturated heterocycles. The van der Waals surface area contributed by atoms with Crippen LogP contribution in [0.3, 0.4) is 0 Å². The molecule has 0 radical (unpaired) electrons. The number of aryl methyl sites for hydroxylation is 1. The zero-order valence-corrected chi connectivity index (χ0v) is 12.5. The molecule has 0 bridgehead atoms. The molecule has 0 spiro atoms. The molecule has 1 atom stereocenters. The summed E-state index contributed by atoms with van der Waals surface area (Å²) in [6.45, 7) is 6.78. The topological polar surface area (TPSA) is 57.6 Å². The maximum absolute atomic E-state index is 12.6. The van der Waals surface area contributed by atoms with Crippen LogP contribution < -0.4 is 0 Å². The van der Waals surface area contributed by atoms with Gasteiger partial charge < -0.3 is 5.11 Å². The second-order valence-corrected chi connectivity index (χ2v) is 6.17. The first kappa shape index (κ1) is 16.4. The molecule has 4 nitrogen and oxygen atoms in total. The Kier molecular flexibility index (Phi) is 5.96. The summed E-state index contributed by atoms with van der Waals surface area (Å²) in [6.07, 6.45) is 1.41. The van der Waals surface area contributed by atoms with E-state index in [-0.39, 0.29) is 18.0 Å². The number of sulfonamides is 1. The van der Waals surface area contributed by atoms with Crippen molar-refractivity contribution in [3.8, 4) is 11.8 Å². The summed E-state index contributed by atoms with van der Waals surface area (Å²) in [5, 5.41) is 9.32. The zero-order chi connectivity index (χ0) is 15.2. The Labute approximate surface area is 120 Å². The lowest BCUT2D eigenvalue weighted by Gasteiger charge is -2.25. The SMILES string of the molecule is C=CC(CO)N(CC#CC)S(=O)(=O)c1ccc(C)cc1. The second-order valence-electron chi connectivity index (χ2n) is 4.28. The van der Waals surface area contributed by atoms with Gasteiger partial charge in [-0.3, -0.25) is 0 Å². The van der Waals surface area contributed by atoms with Crippen molar-refractivity contribution >= 4 is 10.0 Å². The van der Waals surface area contributed by atoms with Gasteiger partial charge in [-0.1, -0.05) is 29.7 Å². The largest absolute Gasteiger partial charge is 0.394 e. The Morgan fingerprint density at radius 3 is 2.45 bits per heavy atom. The summed E-state index contributed by atoms with van der Waals surface area (Å²) < 4.78 is 26.4. The first-order chi connectivity index (χ1) is 9.47. The molecule has 0 fully saturated rings. The van der Waals surface area contributed by atoms with Crippen LogP contribution in [0.25, 0.3) is 0 Å². The summed E-state index contributed by atoms with van der Waals surface area (Å²) in [5.74, 6) is 5.38.